The molecule has 2 aromatic rings. The highest BCUT2D eigenvalue weighted by Gasteiger charge is 2.21. The SMILES string of the molecule is O=C(O)/C=C\C(=O)Nc1ccc2c(c1)Cc1cc([N+](=O)[O-])ccc1-2. The van der Waals surface area contributed by atoms with Crippen molar-refractivity contribution in [3.8, 4) is 11.1 Å². The Kier molecular flexibility index (Phi) is 3.83. The number of carbonyl (C=O) groups is 2. The van der Waals surface area contributed by atoms with Crippen molar-refractivity contribution in [2.24, 2.45) is 0 Å². The summed E-state index contributed by atoms with van der Waals surface area (Å²) in [7, 11) is 0. The summed E-state index contributed by atoms with van der Waals surface area (Å²) in [6.45, 7) is 0. The maximum Gasteiger partial charge on any atom is 0.328 e. The number of hydrogen-bond acceptors (Lipinski definition) is 4. The van der Waals surface area contributed by atoms with Crippen LogP contribution in [0.3, 0.4) is 0 Å². The molecule has 0 aliphatic heterocycles. The van der Waals surface area contributed by atoms with Gasteiger partial charge in [0.25, 0.3) is 5.69 Å². The van der Waals surface area contributed by atoms with Crippen LogP contribution in [0.1, 0.15) is 11.1 Å². The quantitative estimate of drug-likeness (QED) is 0.435. The first kappa shape index (κ1) is 15.4. The Morgan fingerprint density at radius 3 is 2.42 bits per heavy atom. The van der Waals surface area contributed by atoms with E-state index in [1.807, 2.05) is 6.07 Å². The van der Waals surface area contributed by atoms with Crippen LogP contribution in [-0.2, 0) is 16.0 Å². The van der Waals surface area contributed by atoms with E-state index in [4.69, 9.17) is 5.11 Å². The van der Waals surface area contributed by atoms with E-state index in [-0.39, 0.29) is 5.69 Å². The molecule has 2 aromatic carbocycles. The van der Waals surface area contributed by atoms with Gasteiger partial charge < -0.3 is 10.4 Å². The van der Waals surface area contributed by atoms with Gasteiger partial charge in [-0.2, -0.15) is 0 Å². The van der Waals surface area contributed by atoms with Gasteiger partial charge in [0.05, 0.1) is 4.92 Å². The number of amides is 1. The second kappa shape index (κ2) is 5.96. The summed E-state index contributed by atoms with van der Waals surface area (Å²) in [6.07, 6.45) is 2.24. The van der Waals surface area contributed by atoms with E-state index in [2.05, 4.69) is 5.32 Å². The number of fused-ring (bicyclic) bond motifs is 3. The Balaban J connectivity index is 1.83. The molecule has 24 heavy (non-hydrogen) atoms. The third kappa shape index (κ3) is 3.00. The lowest BCUT2D eigenvalue weighted by atomic mass is 10.1. The van der Waals surface area contributed by atoms with Gasteiger partial charge in [-0.3, -0.25) is 14.9 Å². The molecule has 7 nitrogen and oxygen atoms in total. The van der Waals surface area contributed by atoms with Gasteiger partial charge in [-0.05, 0) is 46.9 Å². The van der Waals surface area contributed by atoms with Crippen LogP contribution in [-0.4, -0.2) is 21.9 Å². The van der Waals surface area contributed by atoms with Gasteiger partial charge in [-0.1, -0.05) is 6.07 Å². The monoisotopic (exact) mass is 324 g/mol. The number of rotatable bonds is 4. The Bertz CT molecular complexity index is 902. The number of benzene rings is 2. The van der Waals surface area contributed by atoms with Gasteiger partial charge in [0, 0.05) is 30.0 Å². The second-order valence-electron chi connectivity index (χ2n) is 5.31. The first-order valence-electron chi connectivity index (χ1n) is 7.06. The zero-order valence-corrected chi connectivity index (χ0v) is 12.4. The number of anilines is 1. The molecule has 0 fully saturated rings. The highest BCUT2D eigenvalue weighted by Crippen LogP contribution is 2.39. The molecule has 0 atom stereocenters. The first-order valence-corrected chi connectivity index (χ1v) is 7.06. The van der Waals surface area contributed by atoms with Gasteiger partial charge in [0.2, 0.25) is 5.91 Å². The number of carboxylic acid groups (broad SMARTS) is 1. The van der Waals surface area contributed by atoms with Crippen LogP contribution >= 0.6 is 0 Å². The maximum absolute atomic E-state index is 11.6. The molecule has 0 saturated carbocycles. The number of aliphatic carboxylic acids is 1. The van der Waals surface area contributed by atoms with Gasteiger partial charge in [0.1, 0.15) is 0 Å². The smallest absolute Gasteiger partial charge is 0.328 e. The number of non-ortho nitro benzene ring substituents is 1. The number of nitro benzene ring substituents is 1. The van der Waals surface area contributed by atoms with Crippen molar-refractivity contribution in [1.82, 2.24) is 0 Å². The van der Waals surface area contributed by atoms with Crippen molar-refractivity contribution in [3.63, 3.8) is 0 Å². The normalized spacial score (nSPS) is 11.8. The highest BCUT2D eigenvalue weighted by molar-refractivity contribution is 6.02. The summed E-state index contributed by atoms with van der Waals surface area (Å²) in [5, 5.41) is 22.0. The summed E-state index contributed by atoms with van der Waals surface area (Å²) < 4.78 is 0. The lowest BCUT2D eigenvalue weighted by molar-refractivity contribution is -0.384. The van der Waals surface area contributed by atoms with E-state index in [9.17, 15) is 19.7 Å². The van der Waals surface area contributed by atoms with E-state index in [0.717, 1.165) is 34.4 Å². The molecule has 1 aliphatic rings. The van der Waals surface area contributed by atoms with Crippen molar-refractivity contribution in [1.29, 1.82) is 0 Å². The Hall–Kier alpha value is -3.48. The van der Waals surface area contributed by atoms with Crippen molar-refractivity contribution in [3.05, 3.63) is 69.8 Å². The number of nitrogens with one attached hydrogen (secondary N) is 1. The molecular weight excluding hydrogens is 312 g/mol. The summed E-state index contributed by atoms with van der Waals surface area (Å²) >= 11 is 0. The van der Waals surface area contributed by atoms with Crippen molar-refractivity contribution < 1.29 is 19.6 Å². The summed E-state index contributed by atoms with van der Waals surface area (Å²) in [5.41, 5.74) is 4.32. The third-order valence-electron chi connectivity index (χ3n) is 3.72. The van der Waals surface area contributed by atoms with Crippen LogP contribution in [0.15, 0.2) is 48.6 Å². The minimum Gasteiger partial charge on any atom is -0.478 e. The third-order valence-corrected chi connectivity index (χ3v) is 3.72. The molecule has 1 aliphatic carbocycles. The molecule has 7 heteroatoms. The average molecular weight is 324 g/mol. The van der Waals surface area contributed by atoms with E-state index < -0.39 is 16.8 Å². The van der Waals surface area contributed by atoms with E-state index in [0.29, 0.717) is 12.1 Å². The van der Waals surface area contributed by atoms with E-state index in [1.165, 1.54) is 6.07 Å². The fraction of sp³-hybridized carbons (Fsp3) is 0.0588. The molecule has 3 rings (SSSR count). The Morgan fingerprint density at radius 1 is 1.08 bits per heavy atom. The number of nitro groups is 1. The number of carboxylic acids is 1. The van der Waals surface area contributed by atoms with Gasteiger partial charge >= 0.3 is 5.97 Å². The van der Waals surface area contributed by atoms with E-state index in [1.54, 1.807) is 24.3 Å². The maximum atomic E-state index is 11.6. The molecule has 1 amide bonds. The molecule has 2 N–H and O–H groups in total. The fourth-order valence-corrected chi connectivity index (χ4v) is 2.72. The summed E-state index contributed by atoms with van der Waals surface area (Å²) in [4.78, 5) is 32.5. The summed E-state index contributed by atoms with van der Waals surface area (Å²) in [6, 6.07) is 10.1. The van der Waals surface area contributed by atoms with Crippen LogP contribution in [0.25, 0.3) is 11.1 Å². The topological polar surface area (TPSA) is 110 Å². The second-order valence-corrected chi connectivity index (χ2v) is 5.31. The van der Waals surface area contributed by atoms with Crippen molar-refractivity contribution in [2.45, 2.75) is 6.42 Å². The van der Waals surface area contributed by atoms with Crippen LogP contribution < -0.4 is 5.32 Å². The predicted molar refractivity (Wildman–Crippen MR) is 86.7 cm³/mol. The Labute approximate surface area is 136 Å². The fourth-order valence-electron chi connectivity index (χ4n) is 2.72. The number of nitrogens with zero attached hydrogens (tertiary/aromatic N) is 1. The van der Waals surface area contributed by atoms with Gasteiger partial charge in [-0.25, -0.2) is 4.79 Å². The van der Waals surface area contributed by atoms with E-state index >= 15 is 0 Å². The molecule has 0 saturated heterocycles. The zero-order valence-electron chi connectivity index (χ0n) is 12.4. The molecule has 0 aromatic heterocycles. The molecule has 120 valence electrons. The van der Waals surface area contributed by atoms with Crippen LogP contribution in [0.5, 0.6) is 0 Å². The molecule has 0 spiro atoms. The highest BCUT2D eigenvalue weighted by atomic mass is 16.6. The largest absolute Gasteiger partial charge is 0.478 e. The molecule has 0 heterocycles. The predicted octanol–water partition coefficient (Wildman–Crippen LogP) is 2.75. The van der Waals surface area contributed by atoms with Crippen LogP contribution in [0.2, 0.25) is 0 Å². The van der Waals surface area contributed by atoms with Gasteiger partial charge in [0.15, 0.2) is 0 Å². The zero-order chi connectivity index (χ0) is 17.3. The molecule has 0 bridgehead atoms. The lowest BCUT2D eigenvalue weighted by Crippen LogP contribution is -2.08. The van der Waals surface area contributed by atoms with Crippen molar-refractivity contribution in [2.75, 3.05) is 5.32 Å². The van der Waals surface area contributed by atoms with Crippen LogP contribution in [0, 0.1) is 10.1 Å². The Morgan fingerprint density at radius 2 is 1.75 bits per heavy atom. The molecule has 0 radical (unpaired) electrons. The summed E-state index contributed by atoms with van der Waals surface area (Å²) in [5.74, 6) is -1.74. The minimum absolute atomic E-state index is 0.0499. The first-order chi connectivity index (χ1) is 11.4. The number of hydrogen-bond donors (Lipinski definition) is 2. The van der Waals surface area contributed by atoms with Crippen LogP contribution in [0.4, 0.5) is 11.4 Å². The standard InChI is InChI=1S/C17H12N2O5/c20-16(5-6-17(21)22)18-12-1-3-14-10(8-12)7-11-9-13(19(23)24)2-4-15(11)14/h1-6,8-9H,7H2,(H,18,20)(H,21,22)/b6-5-. The average Bonchev–Trinajstić information content (AvgIpc) is 2.89. The number of carbonyl (C=O) groups excluding carboxylic acids is 1. The van der Waals surface area contributed by atoms with Gasteiger partial charge in [-0.15, -0.1) is 0 Å². The molecular formula is C17H12N2O5. The molecule has 0 unspecified atom stereocenters. The minimum atomic E-state index is -1.20. The lowest BCUT2D eigenvalue weighted by Gasteiger charge is -2.05. The van der Waals surface area contributed by atoms with Crippen molar-refractivity contribution >= 4 is 23.3 Å².